The lowest BCUT2D eigenvalue weighted by molar-refractivity contribution is 0.112. The maximum atomic E-state index is 8.86. The second-order valence-corrected chi connectivity index (χ2v) is 7.85. The Kier molecular flexibility index (Phi) is 13.7. The third-order valence-electron chi connectivity index (χ3n) is 4.66. The Morgan fingerprint density at radius 3 is 1.96 bits per heavy atom. The lowest BCUT2D eigenvalue weighted by atomic mass is 9.95. The van der Waals surface area contributed by atoms with E-state index >= 15 is 0 Å². The molecule has 7 heteroatoms. The van der Waals surface area contributed by atoms with E-state index in [2.05, 4.69) is 48.5 Å². The van der Waals surface area contributed by atoms with Gasteiger partial charge in [0.25, 0.3) is 0 Å². The van der Waals surface area contributed by atoms with Crippen molar-refractivity contribution in [1.82, 2.24) is 20.9 Å². The Balaban J connectivity index is 4.26. The summed E-state index contributed by atoms with van der Waals surface area (Å²) in [5.74, 6) is 0. The second kappa shape index (κ2) is 13.9. The number of rotatable bonds is 17. The SMILES string of the molecule is CC(C)(CCNCCO)NCCC(C)(C)N(CCN)CCNCCO. The smallest absolute Gasteiger partial charge is 0.0555 e. The Morgan fingerprint density at radius 1 is 0.800 bits per heavy atom. The lowest BCUT2D eigenvalue weighted by Crippen LogP contribution is -2.51. The van der Waals surface area contributed by atoms with E-state index in [0.717, 1.165) is 45.6 Å². The molecule has 0 aromatic heterocycles. The van der Waals surface area contributed by atoms with Crippen molar-refractivity contribution >= 4 is 0 Å². The molecule has 0 aromatic carbocycles. The van der Waals surface area contributed by atoms with E-state index in [1.54, 1.807) is 0 Å². The summed E-state index contributed by atoms with van der Waals surface area (Å²) in [5.41, 5.74) is 5.93. The van der Waals surface area contributed by atoms with Gasteiger partial charge >= 0.3 is 0 Å². The van der Waals surface area contributed by atoms with Crippen LogP contribution in [0.25, 0.3) is 0 Å². The molecule has 0 unspecified atom stereocenters. The molecule has 0 aliphatic rings. The van der Waals surface area contributed by atoms with Gasteiger partial charge in [-0.05, 0) is 53.6 Å². The topological polar surface area (TPSA) is 106 Å². The molecular formula is C18H43N5O2. The molecule has 0 fully saturated rings. The van der Waals surface area contributed by atoms with Crippen LogP contribution >= 0.6 is 0 Å². The van der Waals surface area contributed by atoms with E-state index in [1.807, 2.05) is 0 Å². The minimum absolute atomic E-state index is 0.0679. The van der Waals surface area contributed by atoms with Crippen molar-refractivity contribution in [1.29, 1.82) is 0 Å². The first kappa shape index (κ1) is 24.7. The minimum Gasteiger partial charge on any atom is -0.395 e. The molecule has 152 valence electrons. The van der Waals surface area contributed by atoms with E-state index in [9.17, 15) is 0 Å². The summed E-state index contributed by atoms with van der Waals surface area (Å²) in [6.07, 6.45) is 2.06. The van der Waals surface area contributed by atoms with Gasteiger partial charge in [0.15, 0.2) is 0 Å². The van der Waals surface area contributed by atoms with Gasteiger partial charge in [0.05, 0.1) is 13.2 Å². The summed E-state index contributed by atoms with van der Waals surface area (Å²) in [5, 5.41) is 27.8. The summed E-state index contributed by atoms with van der Waals surface area (Å²) in [7, 11) is 0. The molecule has 0 aliphatic carbocycles. The average Bonchev–Trinajstić information content (AvgIpc) is 2.54. The lowest BCUT2D eigenvalue weighted by Gasteiger charge is -2.40. The van der Waals surface area contributed by atoms with Gasteiger partial charge in [-0.1, -0.05) is 0 Å². The molecule has 0 bridgehead atoms. The van der Waals surface area contributed by atoms with Crippen molar-refractivity contribution in [3.63, 3.8) is 0 Å². The van der Waals surface area contributed by atoms with Crippen molar-refractivity contribution in [2.75, 3.05) is 65.6 Å². The fraction of sp³-hybridized carbons (Fsp3) is 1.00. The van der Waals surface area contributed by atoms with Crippen molar-refractivity contribution in [3.8, 4) is 0 Å². The summed E-state index contributed by atoms with van der Waals surface area (Å²) in [6.45, 7) is 15.8. The normalized spacial score (nSPS) is 13.0. The Morgan fingerprint density at radius 2 is 1.40 bits per heavy atom. The van der Waals surface area contributed by atoms with Gasteiger partial charge in [-0.25, -0.2) is 0 Å². The van der Waals surface area contributed by atoms with Crippen LogP contribution in [0, 0.1) is 0 Å². The molecule has 0 atom stereocenters. The van der Waals surface area contributed by atoms with Gasteiger partial charge < -0.3 is 31.9 Å². The highest BCUT2D eigenvalue weighted by Crippen LogP contribution is 2.18. The van der Waals surface area contributed by atoms with Crippen molar-refractivity contribution in [3.05, 3.63) is 0 Å². The van der Waals surface area contributed by atoms with Crippen LogP contribution < -0.4 is 21.7 Å². The fourth-order valence-electron chi connectivity index (χ4n) is 2.85. The van der Waals surface area contributed by atoms with E-state index < -0.39 is 0 Å². The van der Waals surface area contributed by atoms with Gasteiger partial charge in [0.1, 0.15) is 0 Å². The van der Waals surface area contributed by atoms with Crippen molar-refractivity contribution in [2.24, 2.45) is 5.73 Å². The number of hydrogen-bond acceptors (Lipinski definition) is 7. The Hall–Kier alpha value is -0.280. The maximum absolute atomic E-state index is 8.86. The van der Waals surface area contributed by atoms with Crippen LogP contribution in [-0.2, 0) is 0 Å². The third-order valence-corrected chi connectivity index (χ3v) is 4.66. The van der Waals surface area contributed by atoms with E-state index in [4.69, 9.17) is 15.9 Å². The first-order valence-electron chi connectivity index (χ1n) is 9.62. The van der Waals surface area contributed by atoms with Crippen LogP contribution in [-0.4, -0.2) is 91.8 Å². The number of aliphatic hydroxyl groups is 2. The Bertz CT molecular complexity index is 314. The molecule has 0 rings (SSSR count). The molecule has 0 aromatic rings. The molecule has 7 N–H and O–H groups in total. The molecule has 25 heavy (non-hydrogen) atoms. The summed E-state index contributed by atoms with van der Waals surface area (Å²) in [6, 6.07) is 0. The second-order valence-electron chi connectivity index (χ2n) is 7.85. The Labute approximate surface area is 154 Å². The first-order valence-corrected chi connectivity index (χ1v) is 9.62. The minimum atomic E-state index is 0.0679. The molecule has 0 saturated heterocycles. The van der Waals surface area contributed by atoms with Crippen LogP contribution in [0.1, 0.15) is 40.5 Å². The number of nitrogens with two attached hydrogens (primary N) is 1. The quantitative estimate of drug-likeness (QED) is 0.191. The van der Waals surface area contributed by atoms with Crippen LogP contribution in [0.4, 0.5) is 0 Å². The third kappa shape index (κ3) is 12.7. The fourth-order valence-corrected chi connectivity index (χ4v) is 2.85. The van der Waals surface area contributed by atoms with Crippen LogP contribution in [0.3, 0.4) is 0 Å². The van der Waals surface area contributed by atoms with Crippen molar-refractivity contribution < 1.29 is 10.2 Å². The molecule has 0 radical (unpaired) electrons. The number of nitrogens with zero attached hydrogens (tertiary/aromatic N) is 1. The number of nitrogens with one attached hydrogen (secondary N) is 3. The van der Waals surface area contributed by atoms with Gasteiger partial charge in [-0.3, -0.25) is 4.90 Å². The highest BCUT2D eigenvalue weighted by molar-refractivity contribution is 4.85. The summed E-state index contributed by atoms with van der Waals surface area (Å²) in [4.78, 5) is 2.43. The van der Waals surface area contributed by atoms with Gasteiger partial charge in [-0.15, -0.1) is 0 Å². The molecular weight excluding hydrogens is 318 g/mol. The maximum Gasteiger partial charge on any atom is 0.0555 e. The number of hydrogen-bond donors (Lipinski definition) is 6. The zero-order valence-electron chi connectivity index (χ0n) is 16.9. The van der Waals surface area contributed by atoms with Gasteiger partial charge in [0, 0.05) is 50.3 Å². The standard InChI is InChI=1S/C18H43N5O2/c1-17(2,5-8-20-11-15-24)22-9-6-18(3,4)23(13-7-19)14-10-21-12-16-25/h20-22,24-25H,5-16,19H2,1-4H3. The molecule has 7 nitrogen and oxygen atoms in total. The number of aliphatic hydroxyl groups excluding tert-OH is 2. The molecule has 0 heterocycles. The first-order chi connectivity index (χ1) is 11.8. The van der Waals surface area contributed by atoms with Crippen LogP contribution in [0.5, 0.6) is 0 Å². The largest absolute Gasteiger partial charge is 0.395 e. The molecule has 0 amide bonds. The highest BCUT2D eigenvalue weighted by atomic mass is 16.3. The van der Waals surface area contributed by atoms with Crippen LogP contribution in [0.15, 0.2) is 0 Å². The molecule has 0 aliphatic heterocycles. The van der Waals surface area contributed by atoms with Gasteiger partial charge in [0.2, 0.25) is 0 Å². The monoisotopic (exact) mass is 361 g/mol. The zero-order valence-corrected chi connectivity index (χ0v) is 16.9. The average molecular weight is 362 g/mol. The zero-order chi connectivity index (χ0) is 19.2. The predicted molar refractivity (Wildman–Crippen MR) is 106 cm³/mol. The summed E-state index contributed by atoms with van der Waals surface area (Å²) < 4.78 is 0. The predicted octanol–water partition coefficient (Wildman–Crippen LogP) is -0.662. The van der Waals surface area contributed by atoms with Gasteiger partial charge in [-0.2, -0.15) is 0 Å². The van der Waals surface area contributed by atoms with E-state index in [1.165, 1.54) is 0 Å². The molecule has 0 saturated carbocycles. The summed E-state index contributed by atoms with van der Waals surface area (Å²) >= 11 is 0. The van der Waals surface area contributed by atoms with E-state index in [0.29, 0.717) is 19.6 Å². The van der Waals surface area contributed by atoms with E-state index in [-0.39, 0.29) is 24.3 Å². The highest BCUT2D eigenvalue weighted by Gasteiger charge is 2.26. The van der Waals surface area contributed by atoms with Crippen molar-refractivity contribution in [2.45, 2.75) is 51.6 Å². The van der Waals surface area contributed by atoms with Crippen LogP contribution in [0.2, 0.25) is 0 Å². The molecule has 0 spiro atoms.